The second-order valence-corrected chi connectivity index (χ2v) is 3.23. The van der Waals surface area contributed by atoms with E-state index >= 15 is 0 Å². The van der Waals surface area contributed by atoms with Crippen molar-refractivity contribution in [2.24, 2.45) is 5.92 Å². The van der Waals surface area contributed by atoms with Crippen molar-refractivity contribution in [2.75, 3.05) is 0 Å². The van der Waals surface area contributed by atoms with Crippen molar-refractivity contribution in [1.29, 1.82) is 0 Å². The van der Waals surface area contributed by atoms with Gasteiger partial charge in [0.2, 0.25) is 0 Å². The second-order valence-electron chi connectivity index (χ2n) is 3.23. The first-order valence-electron chi connectivity index (χ1n) is 4.26. The molecule has 0 aromatic carbocycles. The number of aldehydes is 1. The molecule has 0 aliphatic rings. The van der Waals surface area contributed by atoms with E-state index in [-0.39, 0.29) is 0 Å². The summed E-state index contributed by atoms with van der Waals surface area (Å²) in [6, 6.07) is 3.69. The first-order valence-corrected chi connectivity index (χ1v) is 4.26. The van der Waals surface area contributed by atoms with Gasteiger partial charge >= 0.3 is 0 Å². The molecular formula is C11H13NO. The van der Waals surface area contributed by atoms with Gasteiger partial charge in [0, 0.05) is 11.8 Å². The molecule has 1 heterocycles. The Balaban J connectivity index is 3.13. The van der Waals surface area contributed by atoms with E-state index in [2.05, 4.69) is 11.6 Å². The average molecular weight is 175 g/mol. The third kappa shape index (κ3) is 2.02. The molecule has 68 valence electrons. The summed E-state index contributed by atoms with van der Waals surface area (Å²) in [5.41, 5.74) is 2.28. The van der Waals surface area contributed by atoms with E-state index in [1.807, 2.05) is 26.0 Å². The van der Waals surface area contributed by atoms with Crippen LogP contribution in [0, 0.1) is 5.92 Å². The van der Waals surface area contributed by atoms with Crippen LogP contribution in [-0.2, 0) is 0 Å². The lowest BCUT2D eigenvalue weighted by Crippen LogP contribution is -1.98. The quantitative estimate of drug-likeness (QED) is 0.661. The van der Waals surface area contributed by atoms with E-state index in [0.29, 0.717) is 11.6 Å². The minimum absolute atomic E-state index is 0.336. The Morgan fingerprint density at radius 2 is 2.31 bits per heavy atom. The van der Waals surface area contributed by atoms with Crippen LogP contribution in [0.2, 0.25) is 0 Å². The van der Waals surface area contributed by atoms with Crippen LogP contribution in [0.4, 0.5) is 0 Å². The number of rotatable bonds is 3. The van der Waals surface area contributed by atoms with Gasteiger partial charge in [-0.05, 0) is 17.6 Å². The molecule has 0 bridgehead atoms. The van der Waals surface area contributed by atoms with Crippen LogP contribution in [-0.4, -0.2) is 11.3 Å². The van der Waals surface area contributed by atoms with Crippen LogP contribution in [0.3, 0.4) is 0 Å². The van der Waals surface area contributed by atoms with Gasteiger partial charge in [0.15, 0.2) is 6.29 Å². The van der Waals surface area contributed by atoms with Gasteiger partial charge in [-0.1, -0.05) is 26.5 Å². The number of aromatic nitrogens is 1. The molecule has 0 amide bonds. The maximum Gasteiger partial charge on any atom is 0.169 e. The van der Waals surface area contributed by atoms with E-state index in [4.69, 9.17) is 0 Å². The fourth-order valence-electron chi connectivity index (χ4n) is 1.09. The summed E-state index contributed by atoms with van der Waals surface area (Å²) in [5.74, 6) is 0.336. The standard InChI is InChI=1S/C11H13NO/c1-8(2)9(3)10-5-4-6-12-11(10)7-13/h4-8H,3H2,1-2H3. The number of hydrogen-bond donors (Lipinski definition) is 0. The van der Waals surface area contributed by atoms with Gasteiger partial charge in [-0.25, -0.2) is 0 Å². The second kappa shape index (κ2) is 3.99. The zero-order chi connectivity index (χ0) is 9.84. The van der Waals surface area contributed by atoms with E-state index < -0.39 is 0 Å². The molecule has 0 radical (unpaired) electrons. The Bertz CT molecular complexity index is 329. The molecular weight excluding hydrogens is 162 g/mol. The van der Waals surface area contributed by atoms with Gasteiger partial charge < -0.3 is 0 Å². The van der Waals surface area contributed by atoms with E-state index in [1.54, 1.807) is 6.20 Å². The van der Waals surface area contributed by atoms with Gasteiger partial charge in [-0.3, -0.25) is 9.78 Å². The third-order valence-electron chi connectivity index (χ3n) is 1.99. The molecule has 1 aromatic rings. The van der Waals surface area contributed by atoms with Gasteiger partial charge in [0.05, 0.1) is 0 Å². The Labute approximate surface area is 78.3 Å². The number of hydrogen-bond acceptors (Lipinski definition) is 2. The van der Waals surface area contributed by atoms with Crippen molar-refractivity contribution < 1.29 is 4.79 Å². The minimum atomic E-state index is 0.336. The van der Waals surface area contributed by atoms with Crippen molar-refractivity contribution in [3.63, 3.8) is 0 Å². The van der Waals surface area contributed by atoms with Crippen LogP contribution in [0.15, 0.2) is 24.9 Å². The molecule has 0 aliphatic carbocycles. The summed E-state index contributed by atoms with van der Waals surface area (Å²) in [6.45, 7) is 8.03. The van der Waals surface area contributed by atoms with Crippen molar-refractivity contribution in [2.45, 2.75) is 13.8 Å². The lowest BCUT2D eigenvalue weighted by atomic mass is 9.96. The zero-order valence-electron chi connectivity index (χ0n) is 7.95. The molecule has 0 saturated carbocycles. The van der Waals surface area contributed by atoms with Gasteiger partial charge in [-0.2, -0.15) is 0 Å². The number of pyridine rings is 1. The number of carbonyl (C=O) groups excluding carboxylic acids is 1. The monoisotopic (exact) mass is 175 g/mol. The van der Waals surface area contributed by atoms with Crippen LogP contribution >= 0.6 is 0 Å². The highest BCUT2D eigenvalue weighted by atomic mass is 16.1. The fraction of sp³-hybridized carbons (Fsp3) is 0.273. The number of carbonyl (C=O) groups is 1. The smallest absolute Gasteiger partial charge is 0.169 e. The van der Waals surface area contributed by atoms with Crippen molar-refractivity contribution in [3.8, 4) is 0 Å². The SMILES string of the molecule is C=C(c1cccnc1C=O)C(C)C. The summed E-state index contributed by atoms with van der Waals surface area (Å²) >= 11 is 0. The molecule has 0 saturated heterocycles. The predicted molar refractivity (Wildman–Crippen MR) is 53.5 cm³/mol. The Hall–Kier alpha value is -1.44. The zero-order valence-corrected chi connectivity index (χ0v) is 7.95. The minimum Gasteiger partial charge on any atom is -0.296 e. The average Bonchev–Trinajstić information content (AvgIpc) is 2.16. The normalized spacial score (nSPS) is 10.1. The van der Waals surface area contributed by atoms with Gasteiger partial charge in [0.1, 0.15) is 5.69 Å². The Kier molecular flexibility index (Phi) is 2.96. The number of nitrogens with zero attached hydrogens (tertiary/aromatic N) is 1. The molecule has 0 spiro atoms. The first-order chi connectivity index (χ1) is 6.16. The first kappa shape index (κ1) is 9.65. The van der Waals surface area contributed by atoms with E-state index in [1.165, 1.54) is 0 Å². The van der Waals surface area contributed by atoms with E-state index in [9.17, 15) is 4.79 Å². The van der Waals surface area contributed by atoms with Crippen LogP contribution < -0.4 is 0 Å². The van der Waals surface area contributed by atoms with Crippen LogP contribution in [0.5, 0.6) is 0 Å². The van der Waals surface area contributed by atoms with Crippen LogP contribution in [0.25, 0.3) is 5.57 Å². The van der Waals surface area contributed by atoms with Crippen molar-refractivity contribution >= 4 is 11.9 Å². The lowest BCUT2D eigenvalue weighted by Gasteiger charge is -2.10. The maximum atomic E-state index is 10.7. The topological polar surface area (TPSA) is 30.0 Å². The summed E-state index contributed by atoms with van der Waals surface area (Å²) in [7, 11) is 0. The molecule has 0 aliphatic heterocycles. The molecule has 2 heteroatoms. The summed E-state index contributed by atoms with van der Waals surface area (Å²) in [6.07, 6.45) is 2.38. The molecule has 2 nitrogen and oxygen atoms in total. The largest absolute Gasteiger partial charge is 0.296 e. The predicted octanol–water partition coefficient (Wildman–Crippen LogP) is 2.56. The molecule has 0 atom stereocenters. The fourth-order valence-corrected chi connectivity index (χ4v) is 1.09. The maximum absolute atomic E-state index is 10.7. The lowest BCUT2D eigenvalue weighted by molar-refractivity contribution is 0.111. The molecule has 0 fully saturated rings. The number of allylic oxidation sites excluding steroid dienone is 1. The molecule has 1 aromatic heterocycles. The summed E-state index contributed by atoms with van der Waals surface area (Å²) < 4.78 is 0. The molecule has 0 N–H and O–H groups in total. The highest BCUT2D eigenvalue weighted by Gasteiger charge is 2.08. The van der Waals surface area contributed by atoms with Gasteiger partial charge in [0.25, 0.3) is 0 Å². The molecule has 1 rings (SSSR count). The van der Waals surface area contributed by atoms with Crippen molar-refractivity contribution in [3.05, 3.63) is 36.2 Å². The third-order valence-corrected chi connectivity index (χ3v) is 1.99. The Morgan fingerprint density at radius 3 is 2.85 bits per heavy atom. The van der Waals surface area contributed by atoms with Gasteiger partial charge in [-0.15, -0.1) is 0 Å². The summed E-state index contributed by atoms with van der Waals surface area (Å²) in [4.78, 5) is 14.6. The highest BCUT2D eigenvalue weighted by Crippen LogP contribution is 2.21. The molecule has 0 unspecified atom stereocenters. The van der Waals surface area contributed by atoms with Crippen molar-refractivity contribution in [1.82, 2.24) is 4.98 Å². The Morgan fingerprint density at radius 1 is 1.62 bits per heavy atom. The highest BCUT2D eigenvalue weighted by molar-refractivity contribution is 5.82. The van der Waals surface area contributed by atoms with Crippen LogP contribution in [0.1, 0.15) is 29.9 Å². The summed E-state index contributed by atoms with van der Waals surface area (Å²) in [5, 5.41) is 0. The van der Waals surface area contributed by atoms with E-state index in [0.717, 1.165) is 17.4 Å². The molecule has 13 heavy (non-hydrogen) atoms.